The summed E-state index contributed by atoms with van der Waals surface area (Å²) < 4.78 is 24.0. The summed E-state index contributed by atoms with van der Waals surface area (Å²) in [7, 11) is 0. The van der Waals surface area contributed by atoms with Crippen molar-refractivity contribution < 1.29 is 9.13 Å². The standard InChI is InChI=1S/C57H59FN4O/c1-35(2)48-27-39(38-24-37(5)25-42(58)26-38)28-49(36(3)4)55(48)61-34-60(51-18-14-15-19-52(51)61)43-29-41(57(9,10)11)30-45(32-43)63-44-20-21-47-46-16-12-13-17-50(46)62(53(47)33-44)54-31-40(22-23-59-54)56(6,7)8/h12-33,35-36H,34H2,1-11H3. The summed E-state index contributed by atoms with van der Waals surface area (Å²) in [4.78, 5) is 9.81. The average Bonchev–Trinajstić information content (AvgIpc) is 3.78. The van der Waals surface area contributed by atoms with Crippen molar-refractivity contribution in [3.63, 3.8) is 0 Å². The van der Waals surface area contributed by atoms with Gasteiger partial charge >= 0.3 is 0 Å². The molecule has 0 N–H and O–H groups in total. The van der Waals surface area contributed by atoms with Crippen LogP contribution in [0.4, 0.5) is 27.1 Å². The van der Waals surface area contributed by atoms with Crippen molar-refractivity contribution in [1.82, 2.24) is 9.55 Å². The number of rotatable bonds is 8. The number of aryl methyl sites for hydroxylation is 1. The van der Waals surface area contributed by atoms with Crippen LogP contribution >= 0.6 is 0 Å². The van der Waals surface area contributed by atoms with Crippen LogP contribution in [0.3, 0.4) is 0 Å². The lowest BCUT2D eigenvalue weighted by molar-refractivity contribution is 0.479. The second-order valence-corrected chi connectivity index (χ2v) is 20.1. The molecule has 0 bridgehead atoms. The topological polar surface area (TPSA) is 33.5 Å². The zero-order chi connectivity index (χ0) is 44.5. The molecule has 1 aliphatic rings. The Kier molecular flexibility index (Phi) is 10.5. The van der Waals surface area contributed by atoms with Crippen molar-refractivity contribution in [3.8, 4) is 28.4 Å². The lowest BCUT2D eigenvalue weighted by atomic mass is 9.86. The molecule has 0 fully saturated rings. The molecule has 9 rings (SSSR count). The van der Waals surface area contributed by atoms with Gasteiger partial charge in [0.1, 0.15) is 29.8 Å². The Balaban J connectivity index is 1.14. The van der Waals surface area contributed by atoms with Crippen LogP contribution < -0.4 is 14.5 Å². The molecule has 63 heavy (non-hydrogen) atoms. The second kappa shape index (κ2) is 15.7. The maximum atomic E-state index is 14.8. The van der Waals surface area contributed by atoms with E-state index < -0.39 is 0 Å². The fourth-order valence-corrected chi connectivity index (χ4v) is 9.20. The third-order valence-corrected chi connectivity index (χ3v) is 12.6. The van der Waals surface area contributed by atoms with Crippen molar-refractivity contribution in [2.75, 3.05) is 16.5 Å². The number of ether oxygens (including phenoxy) is 1. The van der Waals surface area contributed by atoms with Gasteiger partial charge in [0.25, 0.3) is 0 Å². The zero-order valence-corrected chi connectivity index (χ0v) is 38.6. The summed E-state index contributed by atoms with van der Waals surface area (Å²) in [5.41, 5.74) is 14.4. The number of aromatic nitrogens is 2. The van der Waals surface area contributed by atoms with Gasteiger partial charge in [0.05, 0.1) is 22.4 Å². The van der Waals surface area contributed by atoms with Crippen LogP contribution in [-0.4, -0.2) is 16.2 Å². The summed E-state index contributed by atoms with van der Waals surface area (Å²) in [6.07, 6.45) is 1.92. The van der Waals surface area contributed by atoms with Crippen LogP contribution in [0, 0.1) is 12.7 Å². The van der Waals surface area contributed by atoms with Gasteiger partial charge in [-0.1, -0.05) is 106 Å². The first-order valence-electron chi connectivity index (χ1n) is 22.4. The first kappa shape index (κ1) is 41.9. The monoisotopic (exact) mass is 834 g/mol. The Labute approximate surface area is 372 Å². The number of halogens is 1. The molecule has 5 nitrogen and oxygen atoms in total. The van der Waals surface area contributed by atoms with E-state index >= 15 is 0 Å². The summed E-state index contributed by atoms with van der Waals surface area (Å²) in [6, 6.07) is 44.6. The van der Waals surface area contributed by atoms with Crippen molar-refractivity contribution in [2.45, 2.75) is 98.8 Å². The van der Waals surface area contributed by atoms with Crippen LogP contribution in [0.15, 0.2) is 134 Å². The molecular weight excluding hydrogens is 776 g/mol. The Morgan fingerprint density at radius 3 is 1.89 bits per heavy atom. The highest BCUT2D eigenvalue weighted by Gasteiger charge is 2.33. The number of fused-ring (bicyclic) bond motifs is 4. The third-order valence-electron chi connectivity index (χ3n) is 12.6. The van der Waals surface area contributed by atoms with E-state index in [1.54, 1.807) is 12.1 Å². The molecular formula is C57H59FN4O. The number of para-hydroxylation sites is 3. The quantitative estimate of drug-likeness (QED) is 0.153. The number of pyridine rings is 1. The van der Waals surface area contributed by atoms with Crippen molar-refractivity contribution >= 4 is 44.6 Å². The van der Waals surface area contributed by atoms with E-state index in [-0.39, 0.29) is 28.5 Å². The lowest BCUT2D eigenvalue weighted by Crippen LogP contribution is -2.26. The van der Waals surface area contributed by atoms with E-state index in [1.165, 1.54) is 33.3 Å². The van der Waals surface area contributed by atoms with E-state index in [0.717, 1.165) is 67.5 Å². The summed E-state index contributed by atoms with van der Waals surface area (Å²) in [5.74, 6) is 2.68. The lowest BCUT2D eigenvalue weighted by Gasteiger charge is -2.30. The Morgan fingerprint density at radius 2 is 1.22 bits per heavy atom. The van der Waals surface area contributed by atoms with Crippen molar-refractivity contribution in [2.24, 2.45) is 0 Å². The van der Waals surface area contributed by atoms with E-state index in [4.69, 9.17) is 9.72 Å². The summed E-state index contributed by atoms with van der Waals surface area (Å²) in [5, 5.41) is 2.33. The fraction of sp³-hybridized carbons (Fsp3) is 0.281. The number of anilines is 4. The largest absolute Gasteiger partial charge is 0.457 e. The molecule has 0 radical (unpaired) electrons. The summed E-state index contributed by atoms with van der Waals surface area (Å²) >= 11 is 0. The van der Waals surface area contributed by atoms with Crippen molar-refractivity contribution in [3.05, 3.63) is 167 Å². The van der Waals surface area contributed by atoms with Gasteiger partial charge in [-0.05, 0) is 147 Å². The van der Waals surface area contributed by atoms with E-state index in [2.05, 4.69) is 199 Å². The van der Waals surface area contributed by atoms with Gasteiger partial charge < -0.3 is 14.5 Å². The maximum absolute atomic E-state index is 14.8. The summed E-state index contributed by atoms with van der Waals surface area (Å²) in [6.45, 7) is 25.1. The number of benzene rings is 6. The molecule has 2 aromatic heterocycles. The van der Waals surface area contributed by atoms with Crippen LogP contribution in [0.5, 0.6) is 11.5 Å². The molecule has 0 atom stereocenters. The molecule has 1 aliphatic heterocycles. The maximum Gasteiger partial charge on any atom is 0.137 e. The number of hydrogen-bond acceptors (Lipinski definition) is 4. The van der Waals surface area contributed by atoms with Gasteiger partial charge in [-0.25, -0.2) is 9.37 Å². The minimum atomic E-state index is -0.209. The Bertz CT molecular complexity index is 2990. The zero-order valence-electron chi connectivity index (χ0n) is 38.6. The van der Waals surface area contributed by atoms with Crippen molar-refractivity contribution in [1.29, 1.82) is 0 Å². The van der Waals surface area contributed by atoms with Gasteiger partial charge in [-0.2, -0.15) is 0 Å². The molecule has 320 valence electrons. The average molecular weight is 835 g/mol. The first-order chi connectivity index (χ1) is 29.9. The molecule has 0 aliphatic carbocycles. The first-order valence-corrected chi connectivity index (χ1v) is 22.4. The fourth-order valence-electron chi connectivity index (χ4n) is 9.20. The highest BCUT2D eigenvalue weighted by atomic mass is 19.1. The SMILES string of the molecule is Cc1cc(F)cc(-c2cc(C(C)C)c(N3CN(c4cc(Oc5ccc6c7ccccc7n(-c7cc(C(C)(C)C)ccn7)c6c5)cc(C(C)(C)C)c4)c4ccccc43)c(C(C)C)c2)c1. The minimum Gasteiger partial charge on any atom is -0.457 e. The molecule has 6 heteroatoms. The molecule has 0 unspecified atom stereocenters. The van der Waals surface area contributed by atoms with Gasteiger partial charge in [0, 0.05) is 40.5 Å². The highest BCUT2D eigenvalue weighted by molar-refractivity contribution is 6.09. The van der Waals surface area contributed by atoms with E-state index in [9.17, 15) is 4.39 Å². The predicted molar refractivity (Wildman–Crippen MR) is 263 cm³/mol. The van der Waals surface area contributed by atoms with Crippen LogP contribution in [0.1, 0.15) is 109 Å². The second-order valence-electron chi connectivity index (χ2n) is 20.1. The molecule has 0 spiro atoms. The number of hydrogen-bond donors (Lipinski definition) is 0. The van der Waals surface area contributed by atoms with E-state index in [0.29, 0.717) is 6.67 Å². The number of nitrogens with zero attached hydrogens (tertiary/aromatic N) is 4. The smallest absolute Gasteiger partial charge is 0.137 e. The van der Waals surface area contributed by atoms with Crippen LogP contribution in [0.2, 0.25) is 0 Å². The molecule has 8 aromatic rings. The van der Waals surface area contributed by atoms with Gasteiger partial charge in [-0.15, -0.1) is 0 Å². The Morgan fingerprint density at radius 1 is 0.587 bits per heavy atom. The molecule has 0 saturated carbocycles. The van der Waals surface area contributed by atoms with Gasteiger partial charge in [0.2, 0.25) is 0 Å². The molecule has 0 amide bonds. The highest BCUT2D eigenvalue weighted by Crippen LogP contribution is 2.50. The predicted octanol–water partition coefficient (Wildman–Crippen LogP) is 16.2. The van der Waals surface area contributed by atoms with E-state index in [1.807, 2.05) is 13.1 Å². The van der Waals surface area contributed by atoms with Gasteiger partial charge in [-0.3, -0.25) is 4.57 Å². The normalized spacial score (nSPS) is 13.2. The Hall–Kier alpha value is -6.40. The molecule has 3 heterocycles. The van der Waals surface area contributed by atoms with Crippen LogP contribution in [-0.2, 0) is 10.8 Å². The minimum absolute atomic E-state index is 0.0189. The van der Waals surface area contributed by atoms with Gasteiger partial charge in [0.15, 0.2) is 0 Å². The third kappa shape index (κ3) is 7.86. The molecule has 0 saturated heterocycles. The molecule has 6 aromatic carbocycles. The van der Waals surface area contributed by atoms with Crippen LogP contribution in [0.25, 0.3) is 38.8 Å².